The molecular weight excluding hydrogens is 224 g/mol. The SMILES string of the molecule is CC(C)CCn1nnc(C#N)c1-c1ccccc1. The number of benzene rings is 1. The van der Waals surface area contributed by atoms with Crippen LogP contribution in [0.1, 0.15) is 26.0 Å². The number of aryl methyl sites for hydroxylation is 1. The maximum atomic E-state index is 9.10. The lowest BCUT2D eigenvalue weighted by atomic mass is 10.1. The Balaban J connectivity index is 2.38. The van der Waals surface area contributed by atoms with Crippen LogP contribution in [0.2, 0.25) is 0 Å². The van der Waals surface area contributed by atoms with Crippen molar-refractivity contribution in [2.75, 3.05) is 0 Å². The van der Waals surface area contributed by atoms with Crippen LogP contribution in [-0.2, 0) is 6.54 Å². The van der Waals surface area contributed by atoms with Gasteiger partial charge in [-0.1, -0.05) is 49.4 Å². The van der Waals surface area contributed by atoms with Gasteiger partial charge in [0.25, 0.3) is 0 Å². The van der Waals surface area contributed by atoms with Gasteiger partial charge in [0.15, 0.2) is 5.69 Å². The summed E-state index contributed by atoms with van der Waals surface area (Å²) >= 11 is 0. The summed E-state index contributed by atoms with van der Waals surface area (Å²) in [4.78, 5) is 0. The molecule has 1 heterocycles. The van der Waals surface area contributed by atoms with Crippen molar-refractivity contribution in [1.82, 2.24) is 15.0 Å². The van der Waals surface area contributed by atoms with Crippen molar-refractivity contribution < 1.29 is 0 Å². The van der Waals surface area contributed by atoms with Gasteiger partial charge < -0.3 is 0 Å². The maximum absolute atomic E-state index is 9.10. The first-order valence-corrected chi connectivity index (χ1v) is 6.11. The van der Waals surface area contributed by atoms with Gasteiger partial charge in [-0.2, -0.15) is 5.26 Å². The van der Waals surface area contributed by atoms with Gasteiger partial charge in [-0.05, 0) is 12.3 Å². The Hall–Kier alpha value is -2.15. The van der Waals surface area contributed by atoms with E-state index in [0.29, 0.717) is 11.6 Å². The first-order chi connectivity index (χ1) is 8.72. The number of hydrogen-bond acceptors (Lipinski definition) is 3. The van der Waals surface area contributed by atoms with Crippen molar-refractivity contribution in [3.63, 3.8) is 0 Å². The highest BCUT2D eigenvalue weighted by Gasteiger charge is 2.14. The summed E-state index contributed by atoms with van der Waals surface area (Å²) in [6.45, 7) is 5.13. The molecule has 4 heteroatoms. The lowest BCUT2D eigenvalue weighted by Gasteiger charge is -2.08. The molecule has 0 spiro atoms. The molecule has 0 N–H and O–H groups in total. The molecule has 0 aliphatic carbocycles. The van der Waals surface area contributed by atoms with E-state index in [-0.39, 0.29) is 0 Å². The average Bonchev–Trinajstić information content (AvgIpc) is 2.80. The molecule has 0 amide bonds. The van der Waals surface area contributed by atoms with Crippen LogP contribution in [0.5, 0.6) is 0 Å². The minimum atomic E-state index is 0.393. The van der Waals surface area contributed by atoms with E-state index < -0.39 is 0 Å². The van der Waals surface area contributed by atoms with Crippen molar-refractivity contribution in [2.45, 2.75) is 26.8 Å². The van der Waals surface area contributed by atoms with Crippen LogP contribution >= 0.6 is 0 Å². The zero-order chi connectivity index (χ0) is 13.0. The fourth-order valence-corrected chi connectivity index (χ4v) is 1.81. The third-order valence-corrected chi connectivity index (χ3v) is 2.81. The van der Waals surface area contributed by atoms with Gasteiger partial charge in [0, 0.05) is 12.1 Å². The molecule has 4 nitrogen and oxygen atoms in total. The van der Waals surface area contributed by atoms with Crippen LogP contribution in [-0.4, -0.2) is 15.0 Å². The fourth-order valence-electron chi connectivity index (χ4n) is 1.81. The van der Waals surface area contributed by atoms with Crippen LogP contribution < -0.4 is 0 Å². The Labute approximate surface area is 107 Å². The predicted molar refractivity (Wildman–Crippen MR) is 69.6 cm³/mol. The molecule has 0 unspecified atom stereocenters. The van der Waals surface area contributed by atoms with Crippen molar-refractivity contribution in [3.05, 3.63) is 36.0 Å². The Morgan fingerprint density at radius 2 is 2.00 bits per heavy atom. The highest BCUT2D eigenvalue weighted by Crippen LogP contribution is 2.22. The molecule has 2 aromatic rings. The number of nitriles is 1. The summed E-state index contributed by atoms with van der Waals surface area (Å²) in [5.41, 5.74) is 2.20. The minimum absolute atomic E-state index is 0.393. The summed E-state index contributed by atoms with van der Waals surface area (Å²) in [6, 6.07) is 11.9. The minimum Gasteiger partial charge on any atom is -0.243 e. The first kappa shape index (κ1) is 12.3. The van der Waals surface area contributed by atoms with E-state index in [1.54, 1.807) is 0 Å². The summed E-state index contributed by atoms with van der Waals surface area (Å²) in [5.74, 6) is 0.600. The van der Waals surface area contributed by atoms with Crippen LogP contribution in [0.25, 0.3) is 11.3 Å². The molecule has 0 atom stereocenters. The molecule has 92 valence electrons. The van der Waals surface area contributed by atoms with Gasteiger partial charge in [-0.15, -0.1) is 5.10 Å². The average molecular weight is 240 g/mol. The van der Waals surface area contributed by atoms with E-state index in [4.69, 9.17) is 5.26 Å². The lowest BCUT2D eigenvalue weighted by molar-refractivity contribution is 0.481. The van der Waals surface area contributed by atoms with Gasteiger partial charge in [0.2, 0.25) is 0 Å². The number of aromatic nitrogens is 3. The molecule has 18 heavy (non-hydrogen) atoms. The third-order valence-electron chi connectivity index (χ3n) is 2.81. The van der Waals surface area contributed by atoms with Crippen molar-refractivity contribution in [1.29, 1.82) is 5.26 Å². The normalized spacial score (nSPS) is 10.6. The van der Waals surface area contributed by atoms with Gasteiger partial charge in [0.05, 0.1) is 0 Å². The molecule has 0 saturated carbocycles. The highest BCUT2D eigenvalue weighted by atomic mass is 15.4. The van der Waals surface area contributed by atoms with E-state index in [1.807, 2.05) is 35.0 Å². The summed E-state index contributed by atoms with van der Waals surface area (Å²) < 4.78 is 1.83. The Bertz CT molecular complexity index is 549. The monoisotopic (exact) mass is 240 g/mol. The van der Waals surface area contributed by atoms with Crippen LogP contribution in [0, 0.1) is 17.2 Å². The van der Waals surface area contributed by atoms with E-state index in [9.17, 15) is 0 Å². The molecule has 0 bridgehead atoms. The second kappa shape index (κ2) is 5.46. The lowest BCUT2D eigenvalue weighted by Crippen LogP contribution is -2.05. The van der Waals surface area contributed by atoms with E-state index in [0.717, 1.165) is 24.2 Å². The molecule has 1 aromatic carbocycles. The Morgan fingerprint density at radius 1 is 1.28 bits per heavy atom. The molecule has 0 fully saturated rings. The quantitative estimate of drug-likeness (QED) is 0.825. The Morgan fingerprint density at radius 3 is 2.61 bits per heavy atom. The van der Waals surface area contributed by atoms with Gasteiger partial charge in [-0.3, -0.25) is 0 Å². The molecule has 0 aliphatic rings. The van der Waals surface area contributed by atoms with E-state index in [1.165, 1.54) is 0 Å². The van der Waals surface area contributed by atoms with Crippen molar-refractivity contribution in [2.24, 2.45) is 5.92 Å². The van der Waals surface area contributed by atoms with Crippen LogP contribution in [0.15, 0.2) is 30.3 Å². The molecule has 2 rings (SSSR count). The summed E-state index contributed by atoms with van der Waals surface area (Å²) in [5, 5.41) is 17.1. The van der Waals surface area contributed by atoms with Gasteiger partial charge >= 0.3 is 0 Å². The van der Waals surface area contributed by atoms with Crippen LogP contribution in [0.4, 0.5) is 0 Å². The zero-order valence-corrected chi connectivity index (χ0v) is 10.7. The second-order valence-corrected chi connectivity index (χ2v) is 4.67. The highest BCUT2D eigenvalue weighted by molar-refractivity contribution is 5.64. The molecule has 0 aliphatic heterocycles. The van der Waals surface area contributed by atoms with Gasteiger partial charge in [0.1, 0.15) is 11.8 Å². The topological polar surface area (TPSA) is 54.5 Å². The van der Waals surface area contributed by atoms with Gasteiger partial charge in [-0.25, -0.2) is 4.68 Å². The van der Waals surface area contributed by atoms with E-state index >= 15 is 0 Å². The second-order valence-electron chi connectivity index (χ2n) is 4.67. The summed E-state index contributed by atoms with van der Waals surface area (Å²) in [7, 11) is 0. The summed E-state index contributed by atoms with van der Waals surface area (Å²) in [6.07, 6.45) is 1.02. The van der Waals surface area contributed by atoms with E-state index in [2.05, 4.69) is 30.2 Å². The fraction of sp³-hybridized carbons (Fsp3) is 0.357. The first-order valence-electron chi connectivity index (χ1n) is 6.11. The van der Waals surface area contributed by atoms with Crippen LogP contribution in [0.3, 0.4) is 0 Å². The molecule has 0 saturated heterocycles. The molecular formula is C14H16N4. The molecule has 0 radical (unpaired) electrons. The molecule has 1 aromatic heterocycles. The third kappa shape index (κ3) is 2.57. The predicted octanol–water partition coefficient (Wildman–Crippen LogP) is 2.86. The largest absolute Gasteiger partial charge is 0.243 e. The maximum Gasteiger partial charge on any atom is 0.190 e. The smallest absolute Gasteiger partial charge is 0.190 e. The number of hydrogen-bond donors (Lipinski definition) is 0. The van der Waals surface area contributed by atoms with Crippen molar-refractivity contribution >= 4 is 0 Å². The number of rotatable bonds is 4. The standard InChI is InChI=1S/C14H16N4/c1-11(2)8-9-18-14(13(10-15)16-17-18)12-6-4-3-5-7-12/h3-7,11H,8-9H2,1-2H3. The number of nitrogens with zero attached hydrogens (tertiary/aromatic N) is 4. The Kier molecular flexibility index (Phi) is 3.73. The zero-order valence-electron chi connectivity index (χ0n) is 10.7. The van der Waals surface area contributed by atoms with Crippen molar-refractivity contribution in [3.8, 4) is 17.3 Å².